The lowest BCUT2D eigenvalue weighted by molar-refractivity contribution is 0.492. The predicted molar refractivity (Wildman–Crippen MR) is 57.1 cm³/mol. The molecule has 0 saturated heterocycles. The van der Waals surface area contributed by atoms with Crippen LogP contribution in [0.4, 0.5) is 0 Å². The van der Waals surface area contributed by atoms with E-state index >= 15 is 0 Å². The molecule has 1 heterocycles. The molecule has 3 heteroatoms. The zero-order valence-electron chi connectivity index (χ0n) is 9.01. The van der Waals surface area contributed by atoms with E-state index in [-0.39, 0.29) is 6.04 Å². The minimum absolute atomic E-state index is 0.194. The molecule has 1 aromatic rings. The van der Waals surface area contributed by atoms with Crippen molar-refractivity contribution in [3.8, 4) is 0 Å². The van der Waals surface area contributed by atoms with Gasteiger partial charge in [-0.15, -0.1) is 0 Å². The van der Waals surface area contributed by atoms with Crippen LogP contribution in [0.5, 0.6) is 0 Å². The summed E-state index contributed by atoms with van der Waals surface area (Å²) in [7, 11) is 0. The molecule has 0 spiro atoms. The van der Waals surface area contributed by atoms with E-state index in [1.165, 1.54) is 17.8 Å². The molecule has 0 aromatic carbocycles. The Bertz CT molecular complexity index is 314. The number of aromatic nitrogens is 2. The second kappa shape index (κ2) is 3.73. The van der Waals surface area contributed by atoms with Gasteiger partial charge in [-0.1, -0.05) is 6.92 Å². The lowest BCUT2D eigenvalue weighted by Gasteiger charge is -2.15. The second-order valence-corrected chi connectivity index (χ2v) is 4.64. The average molecular weight is 193 g/mol. The fourth-order valence-electron chi connectivity index (χ4n) is 2.12. The molecule has 1 aromatic heterocycles. The number of hydrogen-bond donors (Lipinski definition) is 2. The number of nitrogens with two attached hydrogens (primary N) is 1. The van der Waals surface area contributed by atoms with E-state index in [4.69, 9.17) is 5.73 Å². The Labute approximate surface area is 85.1 Å². The molecule has 2 atom stereocenters. The Morgan fingerprint density at radius 2 is 2.43 bits per heavy atom. The van der Waals surface area contributed by atoms with Crippen LogP contribution >= 0.6 is 0 Å². The van der Waals surface area contributed by atoms with Crippen LogP contribution in [0.3, 0.4) is 0 Å². The van der Waals surface area contributed by atoms with Crippen LogP contribution < -0.4 is 5.73 Å². The summed E-state index contributed by atoms with van der Waals surface area (Å²) in [6.45, 7) is 4.32. The van der Waals surface area contributed by atoms with E-state index in [1.807, 2.05) is 6.92 Å². The number of nitrogens with zero attached hydrogens (tertiary/aromatic N) is 1. The number of H-pyrrole nitrogens is 1. The molecular weight excluding hydrogens is 174 g/mol. The smallest absolute Gasteiger partial charge is 0.108 e. The van der Waals surface area contributed by atoms with E-state index in [0.717, 1.165) is 31.0 Å². The molecule has 0 saturated carbocycles. The highest BCUT2D eigenvalue weighted by Gasteiger charge is 2.19. The van der Waals surface area contributed by atoms with Gasteiger partial charge in [0.1, 0.15) is 5.82 Å². The maximum Gasteiger partial charge on any atom is 0.108 e. The number of aromatic amines is 1. The first-order chi connectivity index (χ1) is 6.65. The largest absolute Gasteiger partial charge is 0.346 e. The van der Waals surface area contributed by atoms with E-state index in [2.05, 4.69) is 16.9 Å². The first-order valence-corrected chi connectivity index (χ1v) is 5.47. The van der Waals surface area contributed by atoms with Gasteiger partial charge in [-0.25, -0.2) is 4.98 Å². The molecule has 0 bridgehead atoms. The highest BCUT2D eigenvalue weighted by Crippen LogP contribution is 2.23. The standard InChI is InChI=1S/C11H19N3/c1-7-3-4-9-10(5-7)14-11(13-9)6-8(2)12/h7-8H,3-6,12H2,1-2H3,(H,13,14). The van der Waals surface area contributed by atoms with Crippen LogP contribution in [0.15, 0.2) is 0 Å². The van der Waals surface area contributed by atoms with Crippen molar-refractivity contribution in [1.82, 2.24) is 9.97 Å². The summed E-state index contributed by atoms with van der Waals surface area (Å²) in [5, 5.41) is 0. The predicted octanol–water partition coefficient (Wildman–Crippen LogP) is 1.42. The second-order valence-electron chi connectivity index (χ2n) is 4.64. The third-order valence-electron chi connectivity index (χ3n) is 2.86. The summed E-state index contributed by atoms with van der Waals surface area (Å²) in [6, 6.07) is 0.194. The normalized spacial score (nSPS) is 23.2. The lowest BCUT2D eigenvalue weighted by Crippen LogP contribution is -2.18. The van der Waals surface area contributed by atoms with E-state index in [9.17, 15) is 0 Å². The molecule has 14 heavy (non-hydrogen) atoms. The van der Waals surface area contributed by atoms with Crippen LogP contribution in [0.2, 0.25) is 0 Å². The van der Waals surface area contributed by atoms with Crippen LogP contribution in [0, 0.1) is 5.92 Å². The third-order valence-corrected chi connectivity index (χ3v) is 2.86. The molecule has 1 aliphatic carbocycles. The van der Waals surface area contributed by atoms with Gasteiger partial charge in [-0.2, -0.15) is 0 Å². The highest BCUT2D eigenvalue weighted by atomic mass is 14.9. The number of hydrogen-bond acceptors (Lipinski definition) is 2. The summed E-state index contributed by atoms with van der Waals surface area (Å²) >= 11 is 0. The van der Waals surface area contributed by atoms with Crippen molar-refractivity contribution in [2.45, 2.75) is 45.6 Å². The van der Waals surface area contributed by atoms with Gasteiger partial charge >= 0.3 is 0 Å². The molecular formula is C11H19N3. The van der Waals surface area contributed by atoms with Crippen molar-refractivity contribution < 1.29 is 0 Å². The first kappa shape index (κ1) is 9.71. The summed E-state index contributed by atoms with van der Waals surface area (Å²) in [5.74, 6) is 1.87. The average Bonchev–Trinajstić information content (AvgIpc) is 2.44. The van der Waals surface area contributed by atoms with Gasteiger partial charge in [0, 0.05) is 18.2 Å². The van der Waals surface area contributed by atoms with Crippen LogP contribution in [0.25, 0.3) is 0 Å². The Morgan fingerprint density at radius 1 is 1.64 bits per heavy atom. The molecule has 3 N–H and O–H groups in total. The summed E-state index contributed by atoms with van der Waals surface area (Å²) in [6.07, 6.45) is 4.42. The fraction of sp³-hybridized carbons (Fsp3) is 0.727. The van der Waals surface area contributed by atoms with Crippen LogP contribution in [0.1, 0.15) is 37.5 Å². The molecule has 0 amide bonds. The van der Waals surface area contributed by atoms with Crippen LogP contribution in [-0.4, -0.2) is 16.0 Å². The van der Waals surface area contributed by atoms with Gasteiger partial charge in [-0.05, 0) is 32.1 Å². The number of imidazole rings is 1. The van der Waals surface area contributed by atoms with Crippen LogP contribution in [-0.2, 0) is 19.3 Å². The van der Waals surface area contributed by atoms with E-state index < -0.39 is 0 Å². The van der Waals surface area contributed by atoms with Gasteiger partial charge in [0.25, 0.3) is 0 Å². The molecule has 0 fully saturated rings. The molecule has 2 rings (SSSR count). The minimum Gasteiger partial charge on any atom is -0.346 e. The van der Waals surface area contributed by atoms with Gasteiger partial charge < -0.3 is 10.7 Å². The summed E-state index contributed by atoms with van der Waals surface area (Å²) < 4.78 is 0. The monoisotopic (exact) mass is 193 g/mol. The molecule has 78 valence electrons. The Balaban J connectivity index is 2.15. The molecule has 1 aliphatic rings. The highest BCUT2D eigenvalue weighted by molar-refractivity contribution is 5.18. The minimum atomic E-state index is 0.194. The lowest BCUT2D eigenvalue weighted by atomic mass is 9.92. The molecule has 0 radical (unpaired) electrons. The molecule has 2 unspecified atom stereocenters. The Morgan fingerprint density at radius 3 is 3.14 bits per heavy atom. The fourth-order valence-corrected chi connectivity index (χ4v) is 2.12. The quantitative estimate of drug-likeness (QED) is 0.746. The maximum absolute atomic E-state index is 5.75. The summed E-state index contributed by atoms with van der Waals surface area (Å²) in [4.78, 5) is 7.99. The maximum atomic E-state index is 5.75. The third kappa shape index (κ3) is 1.98. The molecule has 3 nitrogen and oxygen atoms in total. The zero-order chi connectivity index (χ0) is 10.1. The van der Waals surface area contributed by atoms with E-state index in [0.29, 0.717) is 0 Å². The van der Waals surface area contributed by atoms with Crippen molar-refractivity contribution in [3.05, 3.63) is 17.2 Å². The number of nitrogens with one attached hydrogen (secondary N) is 1. The van der Waals surface area contributed by atoms with Crippen molar-refractivity contribution in [1.29, 1.82) is 0 Å². The SMILES string of the molecule is CC(N)Cc1nc2c([nH]1)CC(C)CC2. The van der Waals surface area contributed by atoms with Crippen molar-refractivity contribution in [2.24, 2.45) is 11.7 Å². The Hall–Kier alpha value is -0.830. The molecule has 0 aliphatic heterocycles. The first-order valence-electron chi connectivity index (χ1n) is 5.47. The zero-order valence-corrected chi connectivity index (χ0v) is 9.01. The van der Waals surface area contributed by atoms with Crippen molar-refractivity contribution >= 4 is 0 Å². The van der Waals surface area contributed by atoms with Crippen molar-refractivity contribution in [2.75, 3.05) is 0 Å². The number of fused-ring (bicyclic) bond motifs is 1. The van der Waals surface area contributed by atoms with Crippen molar-refractivity contribution in [3.63, 3.8) is 0 Å². The van der Waals surface area contributed by atoms with Gasteiger partial charge in [0.2, 0.25) is 0 Å². The van der Waals surface area contributed by atoms with Gasteiger partial charge in [0.15, 0.2) is 0 Å². The number of rotatable bonds is 2. The van der Waals surface area contributed by atoms with Gasteiger partial charge in [-0.3, -0.25) is 0 Å². The Kier molecular flexibility index (Phi) is 2.59. The van der Waals surface area contributed by atoms with E-state index in [1.54, 1.807) is 0 Å². The topological polar surface area (TPSA) is 54.7 Å². The number of aryl methyl sites for hydroxylation is 1. The summed E-state index contributed by atoms with van der Waals surface area (Å²) in [5.41, 5.74) is 8.37. The van der Waals surface area contributed by atoms with Gasteiger partial charge in [0.05, 0.1) is 5.69 Å².